The van der Waals surface area contributed by atoms with Crippen molar-refractivity contribution >= 4 is 23.4 Å². The standard InChI is InChI=1S/C18H22N4O3/c1-13-10-17(25-21-13)20-16(23)12-22-9-5-6-14(11-22)18(24)19-15-7-3-2-4-8-15/h2-4,7-8,10,14H,5-6,9,11-12H2,1H3,(H,19,24)(H,20,23)/t14-/m0/s1. The number of anilines is 2. The number of hydrogen-bond acceptors (Lipinski definition) is 5. The summed E-state index contributed by atoms with van der Waals surface area (Å²) in [6.07, 6.45) is 1.72. The highest BCUT2D eigenvalue weighted by molar-refractivity contribution is 5.93. The van der Waals surface area contributed by atoms with Crippen molar-refractivity contribution in [3.8, 4) is 0 Å². The molecule has 0 spiro atoms. The molecule has 1 aliphatic rings. The Bertz CT molecular complexity index is 729. The van der Waals surface area contributed by atoms with Crippen molar-refractivity contribution in [2.24, 2.45) is 5.92 Å². The van der Waals surface area contributed by atoms with Gasteiger partial charge >= 0.3 is 0 Å². The Balaban J connectivity index is 1.50. The van der Waals surface area contributed by atoms with E-state index in [-0.39, 0.29) is 24.3 Å². The van der Waals surface area contributed by atoms with Crippen molar-refractivity contribution < 1.29 is 14.1 Å². The Kier molecular flexibility index (Phi) is 5.45. The van der Waals surface area contributed by atoms with Gasteiger partial charge in [-0.2, -0.15) is 0 Å². The molecule has 1 saturated heterocycles. The molecule has 0 saturated carbocycles. The Labute approximate surface area is 146 Å². The van der Waals surface area contributed by atoms with Crippen molar-refractivity contribution in [2.45, 2.75) is 19.8 Å². The SMILES string of the molecule is Cc1cc(NC(=O)CN2CCC[C@H](C(=O)Nc3ccccc3)C2)on1. The molecule has 2 N–H and O–H groups in total. The number of aromatic nitrogens is 1. The molecule has 1 aromatic carbocycles. The summed E-state index contributed by atoms with van der Waals surface area (Å²) in [4.78, 5) is 26.5. The number of aryl methyl sites for hydroxylation is 1. The van der Waals surface area contributed by atoms with Crippen molar-refractivity contribution in [2.75, 3.05) is 30.3 Å². The van der Waals surface area contributed by atoms with E-state index in [0.29, 0.717) is 18.1 Å². The number of benzene rings is 1. The van der Waals surface area contributed by atoms with Gasteiger partial charge in [-0.15, -0.1) is 0 Å². The molecule has 0 aliphatic carbocycles. The molecule has 2 aromatic rings. The Hall–Kier alpha value is -2.67. The fourth-order valence-corrected chi connectivity index (χ4v) is 2.98. The summed E-state index contributed by atoms with van der Waals surface area (Å²) in [5.41, 5.74) is 1.51. The highest BCUT2D eigenvalue weighted by Crippen LogP contribution is 2.19. The zero-order valence-corrected chi connectivity index (χ0v) is 14.2. The van der Waals surface area contributed by atoms with Gasteiger partial charge in [-0.05, 0) is 38.4 Å². The fraction of sp³-hybridized carbons (Fsp3) is 0.389. The molecule has 2 heterocycles. The summed E-state index contributed by atoms with van der Waals surface area (Å²) in [5.74, 6) is 0.0644. The van der Waals surface area contributed by atoms with Crippen LogP contribution in [0.4, 0.5) is 11.6 Å². The topological polar surface area (TPSA) is 87.5 Å². The van der Waals surface area contributed by atoms with Gasteiger partial charge in [0.1, 0.15) is 0 Å². The normalized spacial score (nSPS) is 17.9. The zero-order chi connectivity index (χ0) is 17.6. The number of carbonyl (C=O) groups is 2. The first-order chi connectivity index (χ1) is 12.1. The minimum Gasteiger partial charge on any atom is -0.338 e. The highest BCUT2D eigenvalue weighted by atomic mass is 16.5. The molecule has 1 fully saturated rings. The predicted octanol–water partition coefficient (Wildman–Crippen LogP) is 2.27. The second-order valence-corrected chi connectivity index (χ2v) is 6.31. The Morgan fingerprint density at radius 1 is 1.28 bits per heavy atom. The lowest BCUT2D eigenvalue weighted by atomic mass is 9.97. The first-order valence-electron chi connectivity index (χ1n) is 8.41. The van der Waals surface area contributed by atoms with E-state index in [9.17, 15) is 9.59 Å². The number of piperidine rings is 1. The third-order valence-electron chi connectivity index (χ3n) is 4.18. The molecule has 7 heteroatoms. The van der Waals surface area contributed by atoms with Gasteiger partial charge in [0.2, 0.25) is 17.7 Å². The van der Waals surface area contributed by atoms with E-state index in [2.05, 4.69) is 15.8 Å². The van der Waals surface area contributed by atoms with Crippen LogP contribution in [0.25, 0.3) is 0 Å². The molecular weight excluding hydrogens is 320 g/mol. The quantitative estimate of drug-likeness (QED) is 0.870. The van der Waals surface area contributed by atoms with Crippen LogP contribution in [0.2, 0.25) is 0 Å². The third-order valence-corrected chi connectivity index (χ3v) is 4.18. The van der Waals surface area contributed by atoms with E-state index < -0.39 is 0 Å². The number of carbonyl (C=O) groups excluding carboxylic acids is 2. The zero-order valence-electron chi connectivity index (χ0n) is 14.2. The number of amides is 2. The Morgan fingerprint density at radius 3 is 2.80 bits per heavy atom. The van der Waals surface area contributed by atoms with Crippen LogP contribution in [0, 0.1) is 12.8 Å². The number of hydrogen-bond donors (Lipinski definition) is 2. The summed E-state index contributed by atoms with van der Waals surface area (Å²) in [6, 6.07) is 11.1. The maximum Gasteiger partial charge on any atom is 0.240 e. The predicted molar refractivity (Wildman–Crippen MR) is 94.1 cm³/mol. The third kappa shape index (κ3) is 4.90. The van der Waals surface area contributed by atoms with Crippen LogP contribution >= 0.6 is 0 Å². The maximum atomic E-state index is 12.4. The summed E-state index contributed by atoms with van der Waals surface area (Å²) in [5, 5.41) is 9.36. The lowest BCUT2D eigenvalue weighted by Crippen LogP contribution is -2.43. The van der Waals surface area contributed by atoms with Gasteiger partial charge in [-0.25, -0.2) is 0 Å². The molecule has 1 aliphatic heterocycles. The van der Waals surface area contributed by atoms with Crippen LogP contribution in [0.1, 0.15) is 18.5 Å². The van der Waals surface area contributed by atoms with Crippen molar-refractivity contribution in [1.29, 1.82) is 0 Å². The first-order valence-corrected chi connectivity index (χ1v) is 8.41. The van der Waals surface area contributed by atoms with Crippen molar-refractivity contribution in [3.05, 3.63) is 42.1 Å². The molecule has 2 amide bonds. The largest absolute Gasteiger partial charge is 0.338 e. The van der Waals surface area contributed by atoms with Crippen LogP contribution in [0.5, 0.6) is 0 Å². The number of nitrogens with one attached hydrogen (secondary N) is 2. The van der Waals surface area contributed by atoms with Gasteiger partial charge in [0, 0.05) is 18.3 Å². The first kappa shape index (κ1) is 17.2. The molecule has 0 radical (unpaired) electrons. The van der Waals surface area contributed by atoms with Crippen LogP contribution in [-0.2, 0) is 9.59 Å². The molecule has 1 atom stereocenters. The van der Waals surface area contributed by atoms with Gasteiger partial charge < -0.3 is 9.84 Å². The second-order valence-electron chi connectivity index (χ2n) is 6.31. The Morgan fingerprint density at radius 2 is 2.08 bits per heavy atom. The van der Waals surface area contributed by atoms with Crippen LogP contribution in [-0.4, -0.2) is 41.5 Å². The van der Waals surface area contributed by atoms with E-state index in [1.807, 2.05) is 35.2 Å². The molecule has 7 nitrogen and oxygen atoms in total. The van der Waals surface area contributed by atoms with Gasteiger partial charge in [-0.3, -0.25) is 19.8 Å². The molecule has 0 bridgehead atoms. The van der Waals surface area contributed by atoms with Crippen LogP contribution < -0.4 is 10.6 Å². The average Bonchev–Trinajstić information content (AvgIpc) is 3.00. The second kappa shape index (κ2) is 7.94. The number of nitrogens with zero attached hydrogens (tertiary/aromatic N) is 2. The molecule has 0 unspecified atom stereocenters. The van der Waals surface area contributed by atoms with Crippen molar-refractivity contribution in [1.82, 2.24) is 10.1 Å². The fourth-order valence-electron chi connectivity index (χ4n) is 2.98. The van der Waals surface area contributed by atoms with Crippen LogP contribution in [0.15, 0.2) is 40.9 Å². The summed E-state index contributed by atoms with van der Waals surface area (Å²) in [6.45, 7) is 3.40. The van der Waals surface area contributed by atoms with Crippen LogP contribution in [0.3, 0.4) is 0 Å². The average molecular weight is 342 g/mol. The highest BCUT2D eigenvalue weighted by Gasteiger charge is 2.27. The van der Waals surface area contributed by atoms with Gasteiger partial charge in [0.25, 0.3) is 0 Å². The van der Waals surface area contributed by atoms with E-state index >= 15 is 0 Å². The lowest BCUT2D eigenvalue weighted by molar-refractivity contribution is -0.123. The van der Waals surface area contributed by atoms with Crippen molar-refractivity contribution in [3.63, 3.8) is 0 Å². The minimum absolute atomic E-state index is 0.00201. The summed E-state index contributed by atoms with van der Waals surface area (Å²) in [7, 11) is 0. The van der Waals surface area contributed by atoms with E-state index in [0.717, 1.165) is 25.1 Å². The van der Waals surface area contributed by atoms with E-state index in [1.54, 1.807) is 13.0 Å². The molecule has 1 aromatic heterocycles. The maximum absolute atomic E-state index is 12.4. The summed E-state index contributed by atoms with van der Waals surface area (Å²) >= 11 is 0. The number of likely N-dealkylation sites (tertiary alicyclic amines) is 1. The number of para-hydroxylation sites is 1. The van der Waals surface area contributed by atoms with E-state index in [4.69, 9.17) is 4.52 Å². The molecule has 132 valence electrons. The van der Waals surface area contributed by atoms with Gasteiger partial charge in [0.05, 0.1) is 18.2 Å². The lowest BCUT2D eigenvalue weighted by Gasteiger charge is -2.31. The van der Waals surface area contributed by atoms with Gasteiger partial charge in [0.15, 0.2) is 0 Å². The van der Waals surface area contributed by atoms with Gasteiger partial charge in [-0.1, -0.05) is 23.4 Å². The number of rotatable bonds is 5. The molecule has 3 rings (SSSR count). The molecular formula is C18H22N4O3. The molecule has 25 heavy (non-hydrogen) atoms. The summed E-state index contributed by atoms with van der Waals surface area (Å²) < 4.78 is 4.99. The van der Waals surface area contributed by atoms with E-state index in [1.165, 1.54) is 0 Å². The smallest absolute Gasteiger partial charge is 0.240 e. The monoisotopic (exact) mass is 342 g/mol. The minimum atomic E-state index is -0.166.